The number of nitrogens with zero attached hydrogens (tertiary/aromatic N) is 2. The minimum Gasteiger partial charge on any atom is -0.493 e. The van der Waals surface area contributed by atoms with E-state index in [9.17, 15) is 4.79 Å². The number of aromatic nitrogens is 2. The largest absolute Gasteiger partial charge is 0.493 e. The van der Waals surface area contributed by atoms with Gasteiger partial charge in [-0.15, -0.1) is 0 Å². The Morgan fingerprint density at radius 1 is 1.32 bits per heavy atom. The van der Waals surface area contributed by atoms with Crippen LogP contribution in [0, 0.1) is 0 Å². The smallest absolute Gasteiger partial charge is 0.189 e. The van der Waals surface area contributed by atoms with Gasteiger partial charge in [0.15, 0.2) is 11.5 Å². The van der Waals surface area contributed by atoms with E-state index in [4.69, 9.17) is 4.74 Å². The number of ether oxygens (including phenoxy) is 1. The molecule has 0 saturated heterocycles. The summed E-state index contributed by atoms with van der Waals surface area (Å²) in [6.07, 6.45) is 2.90. The van der Waals surface area contributed by atoms with Gasteiger partial charge >= 0.3 is 0 Å². The van der Waals surface area contributed by atoms with Crippen molar-refractivity contribution >= 4 is 5.78 Å². The minimum absolute atomic E-state index is 0.0361. The summed E-state index contributed by atoms with van der Waals surface area (Å²) in [7, 11) is 1.56. The van der Waals surface area contributed by atoms with Crippen LogP contribution in [0.15, 0.2) is 36.5 Å². The molecule has 0 aliphatic carbocycles. The third-order valence-electron chi connectivity index (χ3n) is 2.93. The summed E-state index contributed by atoms with van der Waals surface area (Å²) in [5.41, 5.74) is 1.56. The Kier molecular flexibility index (Phi) is 4.34. The van der Waals surface area contributed by atoms with Crippen LogP contribution in [0.2, 0.25) is 0 Å². The Hall–Kier alpha value is -2.10. The Morgan fingerprint density at radius 3 is 2.68 bits per heavy atom. The van der Waals surface area contributed by atoms with Crippen LogP contribution in [0.1, 0.15) is 29.4 Å². The first-order valence-electron chi connectivity index (χ1n) is 6.43. The van der Waals surface area contributed by atoms with Crippen LogP contribution in [0.25, 0.3) is 0 Å². The quantitative estimate of drug-likeness (QED) is 0.748. The number of Topliss-reactive ketones (excluding diaryl/α,β-unsaturated/α-hetero) is 1. The summed E-state index contributed by atoms with van der Waals surface area (Å²) >= 11 is 0. The number of rotatable bonds is 6. The fourth-order valence-electron chi connectivity index (χ4n) is 2.05. The molecule has 0 saturated carbocycles. The van der Waals surface area contributed by atoms with Crippen molar-refractivity contribution in [1.29, 1.82) is 0 Å². The molecule has 0 aliphatic rings. The molecular weight excluding hydrogens is 240 g/mol. The van der Waals surface area contributed by atoms with Gasteiger partial charge in [-0.1, -0.05) is 37.3 Å². The monoisotopic (exact) mass is 258 g/mol. The molecule has 0 aliphatic heterocycles. The van der Waals surface area contributed by atoms with Crippen molar-refractivity contribution in [3.63, 3.8) is 0 Å². The highest BCUT2D eigenvalue weighted by atomic mass is 16.5. The lowest BCUT2D eigenvalue weighted by Crippen LogP contribution is -2.13. The lowest BCUT2D eigenvalue weighted by Gasteiger charge is -2.07. The molecule has 100 valence electrons. The van der Waals surface area contributed by atoms with Crippen LogP contribution in [-0.2, 0) is 13.0 Å². The minimum atomic E-state index is 0.0361. The second-order valence-corrected chi connectivity index (χ2v) is 4.37. The summed E-state index contributed by atoms with van der Waals surface area (Å²) in [6.45, 7) is 2.78. The van der Waals surface area contributed by atoms with Crippen LogP contribution in [0.3, 0.4) is 0 Å². The van der Waals surface area contributed by atoms with Crippen molar-refractivity contribution in [2.24, 2.45) is 0 Å². The first kappa shape index (κ1) is 13.3. The van der Waals surface area contributed by atoms with Crippen LogP contribution >= 0.6 is 0 Å². The summed E-state index contributed by atoms with van der Waals surface area (Å²) in [5, 5.41) is 4.21. The predicted octanol–water partition coefficient (Wildman–Crippen LogP) is 2.73. The molecule has 0 fully saturated rings. The summed E-state index contributed by atoms with van der Waals surface area (Å²) in [4.78, 5) is 12.4. The van der Waals surface area contributed by atoms with Crippen LogP contribution in [0.4, 0.5) is 0 Å². The summed E-state index contributed by atoms with van der Waals surface area (Å²) < 4.78 is 6.95. The third-order valence-corrected chi connectivity index (χ3v) is 2.93. The highest BCUT2D eigenvalue weighted by Gasteiger charge is 2.19. The summed E-state index contributed by atoms with van der Waals surface area (Å²) in [6, 6.07) is 9.71. The average molecular weight is 258 g/mol. The number of hydrogen-bond donors (Lipinski definition) is 0. The van der Waals surface area contributed by atoms with Gasteiger partial charge in [0.25, 0.3) is 0 Å². The van der Waals surface area contributed by atoms with Crippen LogP contribution < -0.4 is 4.74 Å². The highest BCUT2D eigenvalue weighted by molar-refractivity contribution is 5.98. The van der Waals surface area contributed by atoms with Gasteiger partial charge in [0.1, 0.15) is 5.69 Å². The fraction of sp³-hybridized carbons (Fsp3) is 0.333. The van der Waals surface area contributed by atoms with Crippen molar-refractivity contribution < 1.29 is 9.53 Å². The molecule has 0 N–H and O–H groups in total. The Balaban J connectivity index is 2.25. The maximum atomic E-state index is 12.4. The van der Waals surface area contributed by atoms with Crippen LogP contribution in [-0.4, -0.2) is 22.7 Å². The lowest BCUT2D eigenvalue weighted by atomic mass is 10.1. The third kappa shape index (κ3) is 3.02. The molecule has 4 nitrogen and oxygen atoms in total. The van der Waals surface area contributed by atoms with Gasteiger partial charge in [-0.25, -0.2) is 0 Å². The van der Waals surface area contributed by atoms with Crippen LogP contribution in [0.5, 0.6) is 5.75 Å². The molecule has 0 bridgehead atoms. The zero-order chi connectivity index (χ0) is 13.7. The number of hydrogen-bond acceptors (Lipinski definition) is 3. The molecule has 0 amide bonds. The number of carbonyl (C=O) groups excluding carboxylic acids is 1. The lowest BCUT2D eigenvalue weighted by molar-refractivity contribution is 0.0979. The van der Waals surface area contributed by atoms with Gasteiger partial charge in [0.05, 0.1) is 13.3 Å². The normalized spacial score (nSPS) is 10.4. The molecule has 4 heteroatoms. The molecule has 1 aromatic heterocycles. The van der Waals surface area contributed by atoms with E-state index in [1.807, 2.05) is 30.3 Å². The van der Waals surface area contributed by atoms with E-state index < -0.39 is 0 Å². The molecule has 1 heterocycles. The molecule has 1 aromatic carbocycles. The van der Waals surface area contributed by atoms with Crippen molar-refractivity contribution in [3.8, 4) is 5.75 Å². The van der Waals surface area contributed by atoms with Gasteiger partial charge < -0.3 is 4.74 Å². The zero-order valence-electron chi connectivity index (χ0n) is 11.3. The SMILES string of the molecule is CCCn1ncc(OC)c1C(=O)Cc1ccccc1. The molecule has 2 aromatic rings. The predicted molar refractivity (Wildman–Crippen MR) is 73.5 cm³/mol. The van der Waals surface area contributed by atoms with Gasteiger partial charge in [0, 0.05) is 13.0 Å². The van der Waals surface area contributed by atoms with Gasteiger partial charge in [-0.2, -0.15) is 5.10 Å². The van der Waals surface area contributed by atoms with E-state index in [0.29, 0.717) is 17.9 Å². The van der Waals surface area contributed by atoms with Crippen molar-refractivity contribution in [3.05, 3.63) is 47.8 Å². The van der Waals surface area contributed by atoms with Crippen molar-refractivity contribution in [2.75, 3.05) is 7.11 Å². The highest BCUT2D eigenvalue weighted by Crippen LogP contribution is 2.20. The first-order valence-corrected chi connectivity index (χ1v) is 6.43. The molecule has 0 unspecified atom stereocenters. The fourth-order valence-corrected chi connectivity index (χ4v) is 2.05. The van der Waals surface area contributed by atoms with Gasteiger partial charge in [-0.3, -0.25) is 9.48 Å². The van der Waals surface area contributed by atoms with E-state index in [0.717, 1.165) is 18.5 Å². The zero-order valence-corrected chi connectivity index (χ0v) is 11.3. The van der Waals surface area contributed by atoms with E-state index in [1.165, 1.54) is 0 Å². The number of methoxy groups -OCH3 is 1. The van der Waals surface area contributed by atoms with Gasteiger partial charge in [0.2, 0.25) is 0 Å². The van der Waals surface area contributed by atoms with Crippen molar-refractivity contribution in [1.82, 2.24) is 9.78 Å². The number of carbonyl (C=O) groups is 1. The van der Waals surface area contributed by atoms with Crippen molar-refractivity contribution in [2.45, 2.75) is 26.3 Å². The molecule has 0 atom stereocenters. The standard InChI is InChI=1S/C15H18N2O2/c1-3-9-17-15(14(19-2)11-16-17)13(18)10-12-7-5-4-6-8-12/h4-8,11H,3,9-10H2,1-2H3. The molecule has 19 heavy (non-hydrogen) atoms. The second-order valence-electron chi connectivity index (χ2n) is 4.37. The maximum absolute atomic E-state index is 12.4. The summed E-state index contributed by atoms with van der Waals surface area (Å²) in [5.74, 6) is 0.586. The Bertz CT molecular complexity index is 547. The van der Waals surface area contributed by atoms with E-state index in [1.54, 1.807) is 18.0 Å². The van der Waals surface area contributed by atoms with E-state index in [2.05, 4.69) is 12.0 Å². The van der Waals surface area contributed by atoms with Gasteiger partial charge in [-0.05, 0) is 12.0 Å². The second kappa shape index (κ2) is 6.18. The first-order chi connectivity index (χ1) is 9.26. The molecule has 0 spiro atoms. The Labute approximate surface area is 113 Å². The number of ketones is 1. The molecule has 0 radical (unpaired) electrons. The van der Waals surface area contributed by atoms with E-state index in [-0.39, 0.29) is 5.78 Å². The molecule has 2 rings (SSSR count). The van der Waals surface area contributed by atoms with E-state index >= 15 is 0 Å². The maximum Gasteiger partial charge on any atom is 0.189 e. The average Bonchev–Trinajstić information content (AvgIpc) is 2.83. The Morgan fingerprint density at radius 2 is 2.05 bits per heavy atom. The number of benzene rings is 1. The molecular formula is C15H18N2O2. The number of aryl methyl sites for hydroxylation is 1. The topological polar surface area (TPSA) is 44.1 Å².